The van der Waals surface area contributed by atoms with Gasteiger partial charge in [-0.3, -0.25) is 4.68 Å². The van der Waals surface area contributed by atoms with Gasteiger partial charge in [0.15, 0.2) is 0 Å². The van der Waals surface area contributed by atoms with Crippen molar-refractivity contribution in [3.63, 3.8) is 0 Å². The molecule has 2 N–H and O–H groups in total. The van der Waals surface area contributed by atoms with Crippen molar-refractivity contribution in [2.24, 2.45) is 0 Å². The zero-order valence-electron chi connectivity index (χ0n) is 21.8. The van der Waals surface area contributed by atoms with E-state index in [0.717, 1.165) is 23.8 Å². The molecule has 0 saturated heterocycles. The van der Waals surface area contributed by atoms with Crippen molar-refractivity contribution in [1.29, 1.82) is 0 Å². The molecule has 4 aromatic rings. The van der Waals surface area contributed by atoms with Gasteiger partial charge >= 0.3 is 5.97 Å². The van der Waals surface area contributed by atoms with Crippen LogP contribution in [0.15, 0.2) is 60.8 Å². The lowest BCUT2D eigenvalue weighted by Crippen LogP contribution is -2.30. The van der Waals surface area contributed by atoms with Crippen LogP contribution in [0.25, 0.3) is 10.9 Å². The number of fused-ring (bicyclic) bond motifs is 2. The Morgan fingerprint density at radius 3 is 2.32 bits per heavy atom. The molecule has 1 heterocycles. The predicted molar refractivity (Wildman–Crippen MR) is 143 cm³/mol. The van der Waals surface area contributed by atoms with E-state index in [1.165, 1.54) is 11.1 Å². The number of carbonyl (C=O) groups is 1. The number of benzene rings is 3. The van der Waals surface area contributed by atoms with Crippen LogP contribution in [0.4, 0.5) is 0 Å². The summed E-state index contributed by atoms with van der Waals surface area (Å²) in [6.45, 7) is 2.35. The van der Waals surface area contributed by atoms with Crippen LogP contribution >= 0.6 is 0 Å². The van der Waals surface area contributed by atoms with Crippen LogP contribution < -0.4 is 9.47 Å². The summed E-state index contributed by atoms with van der Waals surface area (Å²) >= 11 is 0. The van der Waals surface area contributed by atoms with Crippen LogP contribution in [0.3, 0.4) is 0 Å². The second-order valence-corrected chi connectivity index (χ2v) is 9.70. The van der Waals surface area contributed by atoms with Crippen molar-refractivity contribution in [2.45, 2.75) is 51.0 Å². The SMILES string of the molecule is COc1cc([C@@H](O)[C@H](CCn2cc3cccc(C(=O)O)c3n2)OC2Cc3ccccc3C2)cc(OC)c1C. The maximum absolute atomic E-state index is 11.6. The van der Waals surface area contributed by atoms with Crippen molar-refractivity contribution in [3.8, 4) is 11.5 Å². The van der Waals surface area contributed by atoms with Gasteiger partial charge in [-0.25, -0.2) is 4.79 Å². The molecule has 1 aliphatic carbocycles. The summed E-state index contributed by atoms with van der Waals surface area (Å²) < 4.78 is 19.4. The minimum absolute atomic E-state index is 0.0587. The molecule has 198 valence electrons. The largest absolute Gasteiger partial charge is 0.496 e. The van der Waals surface area contributed by atoms with E-state index >= 15 is 0 Å². The molecule has 1 aromatic heterocycles. The van der Waals surface area contributed by atoms with Crippen molar-refractivity contribution in [3.05, 3.63) is 88.6 Å². The first kappa shape index (κ1) is 25.8. The Balaban J connectivity index is 1.41. The van der Waals surface area contributed by atoms with E-state index in [9.17, 15) is 15.0 Å². The quantitative estimate of drug-likeness (QED) is 0.314. The highest BCUT2D eigenvalue weighted by Gasteiger charge is 2.30. The Hall–Kier alpha value is -3.88. The van der Waals surface area contributed by atoms with Gasteiger partial charge in [0.05, 0.1) is 32.0 Å². The fourth-order valence-corrected chi connectivity index (χ4v) is 5.30. The standard InChI is InChI=1S/C30H32N2O6/c1-18-26(36-2)15-22(16-27(18)37-3)29(33)25(38-23-13-19-7-4-5-8-20(19)14-23)11-12-32-17-21-9-6-10-24(30(34)35)28(21)31-32/h4-10,15-17,23,25,29,33H,11-14H2,1-3H3,(H,34,35)/t25-,29+/m0/s1. The van der Waals surface area contributed by atoms with E-state index in [1.54, 1.807) is 31.0 Å². The highest BCUT2D eigenvalue weighted by molar-refractivity contribution is 6.01. The molecule has 0 aliphatic heterocycles. The monoisotopic (exact) mass is 516 g/mol. The summed E-state index contributed by atoms with van der Waals surface area (Å²) in [4.78, 5) is 11.6. The maximum atomic E-state index is 11.6. The number of hydrogen-bond acceptors (Lipinski definition) is 6. The Bertz CT molecular complexity index is 1410. The molecule has 1 aliphatic rings. The second kappa shape index (κ2) is 10.8. The van der Waals surface area contributed by atoms with E-state index < -0.39 is 18.2 Å². The van der Waals surface area contributed by atoms with Gasteiger partial charge in [0.2, 0.25) is 0 Å². The third-order valence-electron chi connectivity index (χ3n) is 7.31. The second-order valence-electron chi connectivity index (χ2n) is 9.70. The number of carboxylic acids is 1. The predicted octanol–water partition coefficient (Wildman–Crippen LogP) is 4.74. The smallest absolute Gasteiger partial charge is 0.337 e. The Morgan fingerprint density at radius 1 is 1.05 bits per heavy atom. The zero-order chi connectivity index (χ0) is 26.8. The summed E-state index contributed by atoms with van der Waals surface area (Å²) in [6.07, 6.45) is 2.31. The first-order valence-corrected chi connectivity index (χ1v) is 12.7. The van der Waals surface area contributed by atoms with Crippen LogP contribution in [0, 0.1) is 6.92 Å². The van der Waals surface area contributed by atoms with E-state index in [0.29, 0.717) is 35.5 Å². The van der Waals surface area contributed by atoms with Crippen LogP contribution in [0.1, 0.15) is 45.1 Å². The average molecular weight is 517 g/mol. The number of hydrogen-bond donors (Lipinski definition) is 2. The first-order chi connectivity index (χ1) is 18.4. The van der Waals surface area contributed by atoms with Crippen molar-refractivity contribution in [2.75, 3.05) is 14.2 Å². The number of aliphatic hydroxyl groups excluding tert-OH is 1. The molecule has 2 atom stereocenters. The molecule has 8 heteroatoms. The number of aromatic carboxylic acids is 1. The Labute approximate surface area is 221 Å². The Kier molecular flexibility index (Phi) is 7.35. The summed E-state index contributed by atoms with van der Waals surface area (Å²) in [5.74, 6) is 0.246. The molecule has 0 bridgehead atoms. The molecule has 0 radical (unpaired) electrons. The van der Waals surface area contributed by atoms with Gasteiger partial charge in [0.1, 0.15) is 23.1 Å². The number of nitrogens with zero attached hydrogens (tertiary/aromatic N) is 2. The minimum Gasteiger partial charge on any atom is -0.496 e. The van der Waals surface area contributed by atoms with Crippen molar-refractivity contribution >= 4 is 16.9 Å². The Morgan fingerprint density at radius 2 is 1.71 bits per heavy atom. The number of aromatic nitrogens is 2. The van der Waals surface area contributed by atoms with Gasteiger partial charge in [0.25, 0.3) is 0 Å². The van der Waals surface area contributed by atoms with Crippen molar-refractivity contribution in [1.82, 2.24) is 9.78 Å². The van der Waals surface area contributed by atoms with Crippen molar-refractivity contribution < 1.29 is 29.2 Å². The maximum Gasteiger partial charge on any atom is 0.337 e. The molecule has 0 fully saturated rings. The van der Waals surface area contributed by atoms with Gasteiger partial charge in [-0.05, 0) is 61.1 Å². The topological polar surface area (TPSA) is 103 Å². The third kappa shape index (κ3) is 5.10. The zero-order valence-corrected chi connectivity index (χ0v) is 21.8. The first-order valence-electron chi connectivity index (χ1n) is 12.7. The van der Waals surface area contributed by atoms with E-state index in [-0.39, 0.29) is 11.7 Å². The lowest BCUT2D eigenvalue weighted by Gasteiger charge is -2.28. The van der Waals surface area contributed by atoms with Gasteiger partial charge in [0, 0.05) is 23.7 Å². The summed E-state index contributed by atoms with van der Waals surface area (Å²) in [5.41, 5.74) is 4.64. The van der Waals surface area contributed by atoms with Gasteiger partial charge in [-0.1, -0.05) is 36.4 Å². The highest BCUT2D eigenvalue weighted by Crippen LogP contribution is 2.35. The fraction of sp³-hybridized carbons (Fsp3) is 0.333. The lowest BCUT2D eigenvalue weighted by molar-refractivity contribution is -0.0803. The average Bonchev–Trinajstić information content (AvgIpc) is 3.53. The number of carboxylic acid groups (broad SMARTS) is 1. The molecule has 0 unspecified atom stereocenters. The van der Waals surface area contributed by atoms with E-state index in [4.69, 9.17) is 14.2 Å². The number of methoxy groups -OCH3 is 2. The van der Waals surface area contributed by atoms with Gasteiger partial charge in [-0.2, -0.15) is 5.10 Å². The lowest BCUT2D eigenvalue weighted by atomic mass is 9.99. The summed E-state index contributed by atoms with van der Waals surface area (Å²) in [5, 5.41) is 26.4. The molecule has 3 aromatic carbocycles. The molecule has 5 rings (SSSR count). The molecule has 8 nitrogen and oxygen atoms in total. The summed E-state index contributed by atoms with van der Waals surface area (Å²) in [7, 11) is 3.19. The number of aryl methyl sites for hydroxylation is 1. The van der Waals surface area contributed by atoms with Crippen LogP contribution in [0.2, 0.25) is 0 Å². The fourth-order valence-electron chi connectivity index (χ4n) is 5.30. The highest BCUT2D eigenvalue weighted by atomic mass is 16.5. The van der Waals surface area contributed by atoms with E-state index in [2.05, 4.69) is 17.2 Å². The van der Waals surface area contributed by atoms with Crippen LogP contribution in [-0.2, 0) is 24.1 Å². The molecule has 38 heavy (non-hydrogen) atoms. The van der Waals surface area contributed by atoms with Gasteiger partial charge in [-0.15, -0.1) is 0 Å². The molecule has 0 saturated carbocycles. The third-order valence-corrected chi connectivity index (χ3v) is 7.31. The van der Waals surface area contributed by atoms with E-state index in [1.807, 2.05) is 43.5 Å². The van der Waals surface area contributed by atoms with Gasteiger partial charge < -0.3 is 24.4 Å². The number of rotatable bonds is 10. The molecule has 0 amide bonds. The van der Waals surface area contributed by atoms with Crippen LogP contribution in [-0.4, -0.2) is 52.4 Å². The normalized spacial score (nSPS) is 14.8. The minimum atomic E-state index is -1.01. The molecule has 0 spiro atoms. The van der Waals surface area contributed by atoms with Crippen LogP contribution in [0.5, 0.6) is 11.5 Å². The molecular formula is C30H32N2O6. The number of ether oxygens (including phenoxy) is 3. The molecular weight excluding hydrogens is 484 g/mol. The number of aliphatic hydroxyl groups is 1. The summed E-state index contributed by atoms with van der Waals surface area (Å²) in [6, 6.07) is 17.1.